The monoisotopic (exact) mass is 245 g/mol. The van der Waals surface area contributed by atoms with Crippen molar-refractivity contribution in [3.63, 3.8) is 0 Å². The van der Waals surface area contributed by atoms with E-state index in [0.29, 0.717) is 11.2 Å². The summed E-state index contributed by atoms with van der Waals surface area (Å²) in [5.74, 6) is -0.491. The maximum atomic E-state index is 11.2. The maximum absolute atomic E-state index is 11.2. The molecule has 0 aliphatic rings. The Hall–Kier alpha value is -1.10. The Kier molecular flexibility index (Phi) is 3.25. The Labute approximate surface area is 83.1 Å². The summed E-state index contributed by atoms with van der Waals surface area (Å²) in [5.41, 5.74) is -0.0881. The van der Waals surface area contributed by atoms with Crippen molar-refractivity contribution in [2.75, 3.05) is 6.61 Å². The minimum Gasteiger partial charge on any atom is -0.462 e. The molecule has 0 fully saturated rings. The first-order valence-electron chi connectivity index (χ1n) is 3.70. The molecule has 0 spiro atoms. The lowest BCUT2D eigenvalue weighted by Gasteiger charge is -2.00. The summed E-state index contributed by atoms with van der Waals surface area (Å²) in [6, 6.07) is 2.70. The largest absolute Gasteiger partial charge is 0.462 e. The number of esters is 1. The van der Waals surface area contributed by atoms with Gasteiger partial charge in [0.25, 0.3) is 0 Å². The molecular weight excluding hydrogens is 238 g/mol. The van der Waals surface area contributed by atoms with Gasteiger partial charge in [-0.2, -0.15) is 0 Å². The maximum Gasteiger partial charge on any atom is 0.338 e. The first-order valence-corrected chi connectivity index (χ1v) is 4.49. The van der Waals surface area contributed by atoms with Crippen LogP contribution in [-0.4, -0.2) is 17.6 Å². The van der Waals surface area contributed by atoms with Crippen LogP contribution in [0.5, 0.6) is 0 Å². The molecule has 0 saturated heterocycles. The third-order valence-electron chi connectivity index (χ3n) is 1.32. The Morgan fingerprint density at radius 3 is 2.85 bits per heavy atom. The normalized spacial score (nSPS) is 9.69. The molecule has 70 valence electrons. The quantitative estimate of drug-likeness (QED) is 0.632. The molecule has 1 aromatic rings. The number of nitrogens with one attached hydrogen (secondary N) is 1. The van der Waals surface area contributed by atoms with E-state index in [1.165, 1.54) is 12.1 Å². The van der Waals surface area contributed by atoms with Crippen molar-refractivity contribution in [3.05, 3.63) is 32.7 Å². The zero-order valence-corrected chi connectivity index (χ0v) is 8.55. The van der Waals surface area contributed by atoms with Crippen molar-refractivity contribution in [1.82, 2.24) is 4.98 Å². The van der Waals surface area contributed by atoms with Crippen LogP contribution in [0.15, 0.2) is 21.5 Å². The lowest BCUT2D eigenvalue weighted by atomic mass is 10.3. The lowest BCUT2D eigenvalue weighted by Crippen LogP contribution is -2.11. The first-order chi connectivity index (χ1) is 6.13. The summed E-state index contributed by atoms with van der Waals surface area (Å²) in [6.45, 7) is 2.00. The van der Waals surface area contributed by atoms with Crippen LogP contribution in [0.2, 0.25) is 0 Å². The molecule has 0 amide bonds. The van der Waals surface area contributed by atoms with Gasteiger partial charge in [0, 0.05) is 6.07 Å². The molecule has 0 aliphatic carbocycles. The molecule has 1 N–H and O–H groups in total. The minimum absolute atomic E-state index is 0.248. The van der Waals surface area contributed by atoms with E-state index in [2.05, 4.69) is 20.9 Å². The third kappa shape index (κ3) is 2.69. The highest BCUT2D eigenvalue weighted by Crippen LogP contribution is 2.06. The highest BCUT2D eigenvalue weighted by atomic mass is 79.9. The van der Waals surface area contributed by atoms with Gasteiger partial charge in [-0.05, 0) is 28.9 Å². The standard InChI is InChI=1S/C8H8BrNO3/c1-2-13-8(12)5-3-6(9)10-7(11)4-5/h3-4H,2H2,1H3,(H,10,11). The molecule has 0 aromatic carbocycles. The van der Waals surface area contributed by atoms with E-state index in [1.807, 2.05) is 0 Å². The van der Waals surface area contributed by atoms with Crippen LogP contribution in [0, 0.1) is 0 Å². The van der Waals surface area contributed by atoms with E-state index < -0.39 is 5.97 Å². The van der Waals surface area contributed by atoms with E-state index in [4.69, 9.17) is 4.74 Å². The predicted molar refractivity (Wildman–Crippen MR) is 50.7 cm³/mol. The zero-order chi connectivity index (χ0) is 9.84. The van der Waals surface area contributed by atoms with Gasteiger partial charge in [0.05, 0.1) is 16.8 Å². The number of aromatic amines is 1. The molecule has 0 saturated carbocycles. The number of carbonyl (C=O) groups is 1. The van der Waals surface area contributed by atoms with Gasteiger partial charge in [-0.25, -0.2) is 4.79 Å². The topological polar surface area (TPSA) is 59.2 Å². The number of halogens is 1. The van der Waals surface area contributed by atoms with Crippen LogP contribution in [0.1, 0.15) is 17.3 Å². The summed E-state index contributed by atoms with van der Waals surface area (Å²) in [4.78, 5) is 24.5. The third-order valence-corrected chi connectivity index (χ3v) is 1.75. The summed E-state index contributed by atoms with van der Waals surface area (Å²) >= 11 is 3.07. The zero-order valence-electron chi connectivity index (χ0n) is 6.96. The number of hydrogen-bond donors (Lipinski definition) is 1. The Morgan fingerprint density at radius 1 is 1.62 bits per heavy atom. The number of rotatable bonds is 2. The molecule has 0 radical (unpaired) electrons. The van der Waals surface area contributed by atoms with E-state index in [1.54, 1.807) is 6.92 Å². The molecule has 13 heavy (non-hydrogen) atoms. The van der Waals surface area contributed by atoms with Crippen LogP contribution in [0.25, 0.3) is 0 Å². The van der Waals surface area contributed by atoms with E-state index in [9.17, 15) is 9.59 Å². The smallest absolute Gasteiger partial charge is 0.338 e. The molecule has 1 heterocycles. The first kappa shape index (κ1) is 9.98. The summed E-state index contributed by atoms with van der Waals surface area (Å²) in [6.07, 6.45) is 0. The molecule has 4 nitrogen and oxygen atoms in total. The van der Waals surface area contributed by atoms with Gasteiger partial charge in [-0.1, -0.05) is 0 Å². The van der Waals surface area contributed by atoms with Crippen LogP contribution < -0.4 is 5.56 Å². The fraction of sp³-hybridized carbons (Fsp3) is 0.250. The van der Waals surface area contributed by atoms with Crippen molar-refractivity contribution in [3.8, 4) is 0 Å². The molecule has 1 rings (SSSR count). The second-order valence-electron chi connectivity index (χ2n) is 2.30. The van der Waals surface area contributed by atoms with Gasteiger partial charge in [0.2, 0.25) is 5.56 Å². The fourth-order valence-electron chi connectivity index (χ4n) is 0.842. The summed E-state index contributed by atoms with van der Waals surface area (Å²) < 4.78 is 5.19. The number of pyridine rings is 1. The Morgan fingerprint density at radius 2 is 2.31 bits per heavy atom. The lowest BCUT2D eigenvalue weighted by molar-refractivity contribution is 0.0526. The van der Waals surface area contributed by atoms with Crippen molar-refractivity contribution in [1.29, 1.82) is 0 Å². The summed E-state index contributed by atoms with van der Waals surface area (Å²) in [7, 11) is 0. The van der Waals surface area contributed by atoms with Crippen LogP contribution in [-0.2, 0) is 4.74 Å². The molecule has 0 aliphatic heterocycles. The molecular formula is C8H8BrNO3. The number of ether oxygens (including phenoxy) is 1. The van der Waals surface area contributed by atoms with Crippen molar-refractivity contribution >= 4 is 21.9 Å². The van der Waals surface area contributed by atoms with Crippen molar-refractivity contribution < 1.29 is 9.53 Å². The van der Waals surface area contributed by atoms with Crippen LogP contribution in [0.4, 0.5) is 0 Å². The van der Waals surface area contributed by atoms with Crippen LogP contribution >= 0.6 is 15.9 Å². The molecule has 1 aromatic heterocycles. The van der Waals surface area contributed by atoms with Gasteiger partial charge < -0.3 is 9.72 Å². The van der Waals surface area contributed by atoms with Gasteiger partial charge in [-0.15, -0.1) is 0 Å². The Balaban J connectivity index is 3.01. The van der Waals surface area contributed by atoms with E-state index in [0.717, 1.165) is 0 Å². The second kappa shape index (κ2) is 4.23. The van der Waals surface area contributed by atoms with Crippen molar-refractivity contribution in [2.45, 2.75) is 6.92 Å². The minimum atomic E-state index is -0.491. The fourth-order valence-corrected chi connectivity index (χ4v) is 1.28. The molecule has 0 atom stereocenters. The number of H-pyrrole nitrogens is 1. The average molecular weight is 246 g/mol. The predicted octanol–water partition coefficient (Wildman–Crippen LogP) is 1.31. The van der Waals surface area contributed by atoms with E-state index in [-0.39, 0.29) is 11.1 Å². The SMILES string of the molecule is CCOC(=O)c1cc(Br)[nH]c(=O)c1. The number of aromatic nitrogens is 1. The van der Waals surface area contributed by atoms with Crippen molar-refractivity contribution in [2.24, 2.45) is 0 Å². The summed E-state index contributed by atoms with van der Waals surface area (Å²) in [5, 5.41) is 0. The molecule has 0 bridgehead atoms. The van der Waals surface area contributed by atoms with Crippen LogP contribution in [0.3, 0.4) is 0 Å². The van der Waals surface area contributed by atoms with Gasteiger partial charge in [0.1, 0.15) is 0 Å². The number of hydrogen-bond acceptors (Lipinski definition) is 3. The van der Waals surface area contributed by atoms with E-state index >= 15 is 0 Å². The average Bonchev–Trinajstić information content (AvgIpc) is 2.03. The second-order valence-corrected chi connectivity index (χ2v) is 3.16. The molecule has 0 unspecified atom stereocenters. The van der Waals surface area contributed by atoms with Gasteiger partial charge >= 0.3 is 5.97 Å². The number of carbonyl (C=O) groups excluding carboxylic acids is 1. The Bertz CT molecular complexity index is 372. The van der Waals surface area contributed by atoms with Gasteiger partial charge in [0.15, 0.2) is 0 Å². The highest BCUT2D eigenvalue weighted by Gasteiger charge is 2.07. The van der Waals surface area contributed by atoms with Gasteiger partial charge in [-0.3, -0.25) is 4.79 Å². The molecule has 5 heteroatoms. The highest BCUT2D eigenvalue weighted by molar-refractivity contribution is 9.10.